The maximum atomic E-state index is 9.89. The van der Waals surface area contributed by atoms with Gasteiger partial charge in [-0.25, -0.2) is 10.9 Å². The van der Waals surface area contributed by atoms with E-state index in [-0.39, 0.29) is 30.0 Å². The van der Waals surface area contributed by atoms with Crippen molar-refractivity contribution < 1.29 is 4.74 Å². The summed E-state index contributed by atoms with van der Waals surface area (Å²) in [5.74, 6) is 0.508. The zero-order valence-electron chi connectivity index (χ0n) is 17.4. The number of hydrazine groups is 1. The van der Waals surface area contributed by atoms with Crippen LogP contribution in [0, 0.1) is 17.2 Å². The van der Waals surface area contributed by atoms with Gasteiger partial charge in [0, 0.05) is 16.9 Å². The van der Waals surface area contributed by atoms with Crippen LogP contribution in [0.3, 0.4) is 0 Å². The molecule has 5 rings (SSSR count). The van der Waals surface area contributed by atoms with Crippen molar-refractivity contribution in [3.63, 3.8) is 0 Å². The number of nitrogens with two attached hydrogens (primary N) is 1. The number of nitrogens with one attached hydrogen (secondary N) is 2. The lowest BCUT2D eigenvalue weighted by Gasteiger charge is -2.36. The molecule has 2 fully saturated rings. The quantitative estimate of drug-likeness (QED) is 0.634. The fraction of sp³-hybridized carbons (Fsp3) is 0.400. The molecule has 31 heavy (non-hydrogen) atoms. The predicted octanol–water partition coefficient (Wildman–Crippen LogP) is 4.99. The van der Waals surface area contributed by atoms with Crippen LogP contribution in [0.4, 0.5) is 0 Å². The first-order valence-corrected chi connectivity index (χ1v) is 11.5. The van der Waals surface area contributed by atoms with Gasteiger partial charge in [-0.3, -0.25) is 0 Å². The molecule has 2 aromatic rings. The molecule has 6 heteroatoms. The molecule has 0 spiro atoms. The average Bonchev–Trinajstić information content (AvgIpc) is 3.23. The summed E-state index contributed by atoms with van der Waals surface area (Å²) in [5, 5.41) is 10.5. The minimum absolute atomic E-state index is 0.0388. The van der Waals surface area contributed by atoms with Crippen LogP contribution >= 0.6 is 11.6 Å². The maximum absolute atomic E-state index is 9.89. The van der Waals surface area contributed by atoms with E-state index in [1.54, 1.807) is 0 Å². The first kappa shape index (κ1) is 20.4. The van der Waals surface area contributed by atoms with Crippen molar-refractivity contribution in [1.29, 1.82) is 5.26 Å². The molecule has 3 aliphatic rings. The molecule has 0 radical (unpaired) electrons. The fourth-order valence-electron chi connectivity index (χ4n) is 5.49. The van der Waals surface area contributed by atoms with Gasteiger partial charge >= 0.3 is 0 Å². The van der Waals surface area contributed by atoms with Crippen molar-refractivity contribution >= 4 is 11.6 Å². The Bertz CT molecular complexity index is 1020. The predicted molar refractivity (Wildman–Crippen MR) is 121 cm³/mol. The number of allylic oxidation sites excluding steroid dienone is 1. The number of halogens is 1. The number of nitriles is 1. The van der Waals surface area contributed by atoms with Crippen LogP contribution in [-0.4, -0.2) is 6.23 Å². The average molecular weight is 435 g/mol. The van der Waals surface area contributed by atoms with Crippen LogP contribution in [-0.2, 0) is 4.74 Å². The van der Waals surface area contributed by atoms with E-state index in [2.05, 4.69) is 41.2 Å². The van der Waals surface area contributed by atoms with Crippen LogP contribution < -0.4 is 16.6 Å². The molecule has 0 bridgehead atoms. The van der Waals surface area contributed by atoms with E-state index in [4.69, 9.17) is 22.1 Å². The Hall–Kier alpha value is -2.52. The van der Waals surface area contributed by atoms with Gasteiger partial charge in [0.25, 0.3) is 0 Å². The van der Waals surface area contributed by atoms with E-state index in [0.29, 0.717) is 16.5 Å². The standard InChI is InChI=1S/C25H27ClN4O/c26-20-9-5-4-8-18(20)21-19(14-27)24(28)31-25-22(21)23(29-30-25)17-12-10-16(11-13-17)15-6-2-1-3-7-15/h4-5,8-13,15,21-23,25,29-30H,1-3,6-7,28H2. The molecular weight excluding hydrogens is 408 g/mol. The molecule has 5 nitrogen and oxygen atoms in total. The van der Waals surface area contributed by atoms with Gasteiger partial charge in [0.15, 0.2) is 6.23 Å². The highest BCUT2D eigenvalue weighted by molar-refractivity contribution is 6.31. The molecule has 1 aliphatic carbocycles. The first-order valence-electron chi connectivity index (χ1n) is 11.1. The smallest absolute Gasteiger partial charge is 0.200 e. The largest absolute Gasteiger partial charge is 0.458 e. The Kier molecular flexibility index (Phi) is 5.62. The van der Waals surface area contributed by atoms with Crippen LogP contribution in [0.25, 0.3) is 0 Å². The molecule has 2 aliphatic heterocycles. The molecule has 0 aromatic heterocycles. The molecule has 160 valence electrons. The molecule has 2 heterocycles. The number of hydrogen-bond donors (Lipinski definition) is 3. The zero-order chi connectivity index (χ0) is 21.4. The Morgan fingerprint density at radius 2 is 1.68 bits per heavy atom. The Balaban J connectivity index is 1.50. The van der Waals surface area contributed by atoms with Crippen molar-refractivity contribution in [2.45, 2.75) is 56.2 Å². The van der Waals surface area contributed by atoms with Gasteiger partial charge in [0.1, 0.15) is 6.07 Å². The second kappa shape index (κ2) is 8.55. The molecular formula is C25H27ClN4O. The highest BCUT2D eigenvalue weighted by Crippen LogP contribution is 2.49. The van der Waals surface area contributed by atoms with Crippen LogP contribution in [0.1, 0.15) is 66.7 Å². The topological polar surface area (TPSA) is 83.1 Å². The van der Waals surface area contributed by atoms with Crippen molar-refractivity contribution in [2.24, 2.45) is 11.7 Å². The second-order valence-corrected chi connectivity index (χ2v) is 9.18. The summed E-state index contributed by atoms with van der Waals surface area (Å²) in [6, 6.07) is 18.9. The Morgan fingerprint density at radius 1 is 0.968 bits per heavy atom. The van der Waals surface area contributed by atoms with Gasteiger partial charge in [0.2, 0.25) is 5.88 Å². The van der Waals surface area contributed by atoms with Gasteiger partial charge in [-0.15, -0.1) is 0 Å². The molecule has 4 unspecified atom stereocenters. The normalized spacial score (nSPS) is 28.6. The van der Waals surface area contributed by atoms with Gasteiger partial charge in [0.05, 0.1) is 11.6 Å². The number of nitrogens with zero attached hydrogens (tertiary/aromatic N) is 1. The van der Waals surface area contributed by atoms with Crippen LogP contribution in [0.2, 0.25) is 5.02 Å². The summed E-state index contributed by atoms with van der Waals surface area (Å²) in [6.07, 6.45) is 6.23. The SMILES string of the molecule is N#CC1=C(N)OC2NNC(c3ccc(C4CCCCC4)cc3)C2C1c1ccccc1Cl. The highest BCUT2D eigenvalue weighted by atomic mass is 35.5. The highest BCUT2D eigenvalue weighted by Gasteiger charge is 2.49. The van der Waals surface area contributed by atoms with E-state index in [1.165, 1.54) is 37.7 Å². The van der Waals surface area contributed by atoms with Crippen molar-refractivity contribution in [1.82, 2.24) is 10.9 Å². The van der Waals surface area contributed by atoms with Gasteiger partial charge < -0.3 is 10.5 Å². The van der Waals surface area contributed by atoms with Gasteiger partial charge in [-0.1, -0.05) is 73.3 Å². The van der Waals surface area contributed by atoms with E-state index in [0.717, 1.165) is 11.1 Å². The lowest BCUT2D eigenvalue weighted by Crippen LogP contribution is -2.41. The van der Waals surface area contributed by atoms with Crippen molar-refractivity contribution in [3.8, 4) is 6.07 Å². The summed E-state index contributed by atoms with van der Waals surface area (Å²) in [5.41, 5.74) is 16.7. The third-order valence-corrected chi connectivity index (χ3v) is 7.41. The van der Waals surface area contributed by atoms with Gasteiger partial charge in [-0.05, 0) is 41.5 Å². The Labute approximate surface area is 188 Å². The minimum Gasteiger partial charge on any atom is -0.458 e. The minimum atomic E-state index is -0.346. The molecule has 2 aromatic carbocycles. The van der Waals surface area contributed by atoms with E-state index in [9.17, 15) is 5.26 Å². The lowest BCUT2D eigenvalue weighted by molar-refractivity contribution is 0.0341. The second-order valence-electron chi connectivity index (χ2n) is 8.77. The Morgan fingerprint density at radius 3 is 2.39 bits per heavy atom. The molecule has 0 amide bonds. The molecule has 1 saturated heterocycles. The number of fused-ring (bicyclic) bond motifs is 1. The number of hydrogen-bond acceptors (Lipinski definition) is 5. The zero-order valence-corrected chi connectivity index (χ0v) is 18.1. The summed E-state index contributed by atoms with van der Waals surface area (Å²) in [7, 11) is 0. The lowest BCUT2D eigenvalue weighted by atomic mass is 9.74. The van der Waals surface area contributed by atoms with Crippen LogP contribution in [0.15, 0.2) is 60.0 Å². The third-order valence-electron chi connectivity index (χ3n) is 7.06. The molecule has 4 N–H and O–H groups in total. The maximum Gasteiger partial charge on any atom is 0.200 e. The van der Waals surface area contributed by atoms with E-state index in [1.807, 2.05) is 24.3 Å². The van der Waals surface area contributed by atoms with Gasteiger partial charge in [-0.2, -0.15) is 5.26 Å². The number of rotatable bonds is 3. The molecule has 4 atom stereocenters. The van der Waals surface area contributed by atoms with Crippen molar-refractivity contribution in [2.75, 3.05) is 0 Å². The van der Waals surface area contributed by atoms with Crippen molar-refractivity contribution in [3.05, 3.63) is 81.7 Å². The van der Waals surface area contributed by atoms with E-state index < -0.39 is 0 Å². The van der Waals surface area contributed by atoms with Crippen LogP contribution in [0.5, 0.6) is 0 Å². The summed E-state index contributed by atoms with van der Waals surface area (Å²) in [4.78, 5) is 0. The number of benzene rings is 2. The monoisotopic (exact) mass is 434 g/mol. The third kappa shape index (κ3) is 3.70. The summed E-state index contributed by atoms with van der Waals surface area (Å²) < 4.78 is 5.89. The summed E-state index contributed by atoms with van der Waals surface area (Å²) >= 11 is 6.56. The summed E-state index contributed by atoms with van der Waals surface area (Å²) in [6.45, 7) is 0. The van der Waals surface area contributed by atoms with E-state index >= 15 is 0 Å². The number of ether oxygens (including phenoxy) is 1. The molecule has 1 saturated carbocycles. The fourth-order valence-corrected chi connectivity index (χ4v) is 5.75. The first-order chi connectivity index (χ1) is 15.2.